The number of aromatic nitrogens is 4. The van der Waals surface area contributed by atoms with Crippen LogP contribution in [0.2, 0.25) is 0 Å². The minimum Gasteiger partial charge on any atom is -0.402 e. The molecule has 2 heterocycles. The molecule has 0 spiro atoms. The molecule has 108 valence electrons. The summed E-state index contributed by atoms with van der Waals surface area (Å²) in [6, 6.07) is 12.1. The Labute approximate surface area is 121 Å². The van der Waals surface area contributed by atoms with Gasteiger partial charge >= 0.3 is 6.01 Å². The molecule has 0 amide bonds. The Morgan fingerprint density at radius 3 is 2.90 bits per heavy atom. The lowest BCUT2D eigenvalue weighted by Crippen LogP contribution is -2.07. The molecular weight excluding hydrogens is 270 g/mol. The van der Waals surface area contributed by atoms with Crippen molar-refractivity contribution in [2.24, 2.45) is 0 Å². The average molecular weight is 285 g/mol. The summed E-state index contributed by atoms with van der Waals surface area (Å²) >= 11 is 0. The molecule has 0 aliphatic carbocycles. The smallest absolute Gasteiger partial charge is 0.315 e. The van der Waals surface area contributed by atoms with Crippen LogP contribution in [0.25, 0.3) is 22.8 Å². The predicted octanol–water partition coefficient (Wildman–Crippen LogP) is 2.18. The van der Waals surface area contributed by atoms with E-state index >= 15 is 0 Å². The molecule has 21 heavy (non-hydrogen) atoms. The van der Waals surface area contributed by atoms with Crippen molar-refractivity contribution in [1.82, 2.24) is 20.4 Å². The monoisotopic (exact) mass is 285 g/mol. The molecule has 3 rings (SSSR count). The molecule has 0 radical (unpaired) electrons. The van der Waals surface area contributed by atoms with Gasteiger partial charge in [0.2, 0.25) is 0 Å². The van der Waals surface area contributed by atoms with Crippen molar-refractivity contribution in [3.8, 4) is 22.8 Å². The fraction of sp³-hybridized carbons (Fsp3) is 0.214. The van der Waals surface area contributed by atoms with Crippen LogP contribution in [0, 0.1) is 0 Å². The third kappa shape index (κ3) is 3.09. The molecule has 0 bridgehead atoms. The first-order valence-electron chi connectivity index (χ1n) is 6.54. The van der Waals surface area contributed by atoms with Gasteiger partial charge in [-0.05, 0) is 6.07 Å². The Morgan fingerprint density at radius 2 is 2.10 bits per heavy atom. The van der Waals surface area contributed by atoms with Crippen LogP contribution >= 0.6 is 0 Å². The number of benzene rings is 1. The van der Waals surface area contributed by atoms with E-state index in [0.29, 0.717) is 30.8 Å². The van der Waals surface area contributed by atoms with Crippen LogP contribution in [-0.4, -0.2) is 40.7 Å². The van der Waals surface area contributed by atoms with E-state index in [1.165, 1.54) is 0 Å². The molecule has 0 aliphatic rings. The van der Waals surface area contributed by atoms with Crippen molar-refractivity contribution in [2.45, 2.75) is 0 Å². The van der Waals surface area contributed by atoms with E-state index in [9.17, 15) is 0 Å². The highest BCUT2D eigenvalue weighted by Crippen LogP contribution is 2.23. The number of anilines is 1. The van der Waals surface area contributed by atoms with Gasteiger partial charge in [-0.3, -0.25) is 5.10 Å². The van der Waals surface area contributed by atoms with E-state index in [4.69, 9.17) is 9.15 Å². The van der Waals surface area contributed by atoms with E-state index in [1.54, 1.807) is 7.11 Å². The maximum atomic E-state index is 5.51. The summed E-state index contributed by atoms with van der Waals surface area (Å²) in [5.74, 6) is 0.393. The van der Waals surface area contributed by atoms with E-state index in [2.05, 4.69) is 25.7 Å². The summed E-state index contributed by atoms with van der Waals surface area (Å²) in [5, 5.41) is 18.0. The predicted molar refractivity (Wildman–Crippen MR) is 77.7 cm³/mol. The van der Waals surface area contributed by atoms with Gasteiger partial charge in [0.05, 0.1) is 12.3 Å². The topological polar surface area (TPSA) is 88.9 Å². The third-order valence-electron chi connectivity index (χ3n) is 2.89. The third-order valence-corrected chi connectivity index (χ3v) is 2.89. The lowest BCUT2D eigenvalue weighted by molar-refractivity contribution is 0.210. The summed E-state index contributed by atoms with van der Waals surface area (Å²) in [4.78, 5) is 0. The van der Waals surface area contributed by atoms with E-state index in [-0.39, 0.29) is 0 Å². The van der Waals surface area contributed by atoms with E-state index in [0.717, 1.165) is 11.3 Å². The number of hydrogen-bond donors (Lipinski definition) is 2. The van der Waals surface area contributed by atoms with Gasteiger partial charge in [-0.1, -0.05) is 35.4 Å². The van der Waals surface area contributed by atoms with Crippen molar-refractivity contribution in [3.63, 3.8) is 0 Å². The van der Waals surface area contributed by atoms with Gasteiger partial charge in [-0.15, -0.1) is 5.10 Å². The minimum atomic E-state index is 0.359. The molecule has 3 aromatic rings. The highest BCUT2D eigenvalue weighted by Gasteiger charge is 2.12. The van der Waals surface area contributed by atoms with Gasteiger partial charge < -0.3 is 14.5 Å². The standard InChI is InChI=1S/C14H15N5O2/c1-20-8-7-15-14-19-18-13(21-14)12-9-11(16-17-12)10-5-3-2-4-6-10/h2-6,9H,7-8H2,1H3,(H,15,19)(H,16,17). The second-order valence-electron chi connectivity index (χ2n) is 4.36. The number of aromatic amines is 1. The Balaban J connectivity index is 1.74. The largest absolute Gasteiger partial charge is 0.402 e. The Kier molecular flexibility index (Phi) is 3.92. The van der Waals surface area contributed by atoms with Gasteiger partial charge in [-0.2, -0.15) is 5.10 Å². The molecule has 2 N–H and O–H groups in total. The fourth-order valence-corrected chi connectivity index (χ4v) is 1.85. The van der Waals surface area contributed by atoms with Crippen LogP contribution in [0.3, 0.4) is 0 Å². The highest BCUT2D eigenvalue weighted by atomic mass is 16.5. The van der Waals surface area contributed by atoms with Gasteiger partial charge in [0.25, 0.3) is 5.89 Å². The number of ether oxygens (including phenoxy) is 1. The molecule has 0 saturated carbocycles. The summed E-state index contributed by atoms with van der Waals surface area (Å²) in [6.07, 6.45) is 0. The quantitative estimate of drug-likeness (QED) is 0.675. The summed E-state index contributed by atoms with van der Waals surface area (Å²) < 4.78 is 10.4. The number of nitrogens with zero attached hydrogens (tertiary/aromatic N) is 3. The summed E-state index contributed by atoms with van der Waals surface area (Å²) in [7, 11) is 1.64. The van der Waals surface area contributed by atoms with Gasteiger partial charge in [0.15, 0.2) is 0 Å². The van der Waals surface area contributed by atoms with Crippen LogP contribution in [0.4, 0.5) is 6.01 Å². The van der Waals surface area contributed by atoms with Crippen LogP contribution < -0.4 is 5.32 Å². The fourth-order valence-electron chi connectivity index (χ4n) is 1.85. The van der Waals surface area contributed by atoms with E-state index in [1.807, 2.05) is 36.4 Å². The summed E-state index contributed by atoms with van der Waals surface area (Å²) in [5.41, 5.74) is 2.54. The Hall–Kier alpha value is -2.67. The van der Waals surface area contributed by atoms with Gasteiger partial charge in [0.1, 0.15) is 5.69 Å². The van der Waals surface area contributed by atoms with Crippen LogP contribution in [0.5, 0.6) is 0 Å². The van der Waals surface area contributed by atoms with Crippen LogP contribution in [-0.2, 0) is 4.74 Å². The maximum absolute atomic E-state index is 5.51. The number of H-pyrrole nitrogens is 1. The molecule has 0 atom stereocenters. The van der Waals surface area contributed by atoms with Crippen LogP contribution in [0.1, 0.15) is 0 Å². The van der Waals surface area contributed by atoms with Crippen molar-refractivity contribution in [3.05, 3.63) is 36.4 Å². The first-order valence-corrected chi connectivity index (χ1v) is 6.54. The molecule has 0 aliphatic heterocycles. The highest BCUT2D eigenvalue weighted by molar-refractivity contribution is 5.64. The molecule has 1 aromatic carbocycles. The SMILES string of the molecule is COCCNc1nnc(-c2cc(-c3ccccc3)n[nH]2)o1. The first-order chi connectivity index (χ1) is 10.4. The number of nitrogens with one attached hydrogen (secondary N) is 2. The normalized spacial score (nSPS) is 10.7. The average Bonchev–Trinajstić information content (AvgIpc) is 3.17. The Bertz CT molecular complexity index is 692. The lowest BCUT2D eigenvalue weighted by atomic mass is 10.1. The van der Waals surface area contributed by atoms with Crippen molar-refractivity contribution < 1.29 is 9.15 Å². The molecular formula is C14H15N5O2. The zero-order chi connectivity index (χ0) is 14.5. The molecule has 0 saturated heterocycles. The molecule has 0 fully saturated rings. The van der Waals surface area contributed by atoms with Gasteiger partial charge in [-0.25, -0.2) is 0 Å². The number of methoxy groups -OCH3 is 1. The summed E-state index contributed by atoms with van der Waals surface area (Å²) in [6.45, 7) is 1.18. The van der Waals surface area contributed by atoms with Crippen molar-refractivity contribution in [2.75, 3.05) is 25.6 Å². The number of hydrogen-bond acceptors (Lipinski definition) is 6. The molecule has 2 aromatic heterocycles. The second kappa shape index (κ2) is 6.19. The molecule has 0 unspecified atom stereocenters. The second-order valence-corrected chi connectivity index (χ2v) is 4.36. The van der Waals surface area contributed by atoms with Crippen molar-refractivity contribution >= 4 is 6.01 Å². The zero-order valence-corrected chi connectivity index (χ0v) is 11.5. The minimum absolute atomic E-state index is 0.359. The zero-order valence-electron chi connectivity index (χ0n) is 11.5. The Morgan fingerprint density at radius 1 is 1.24 bits per heavy atom. The van der Waals surface area contributed by atoms with Crippen molar-refractivity contribution in [1.29, 1.82) is 0 Å². The van der Waals surface area contributed by atoms with Gasteiger partial charge in [0, 0.05) is 19.2 Å². The molecule has 7 heteroatoms. The molecule has 7 nitrogen and oxygen atoms in total. The lowest BCUT2D eigenvalue weighted by Gasteiger charge is -1.97. The van der Waals surface area contributed by atoms with E-state index < -0.39 is 0 Å². The maximum Gasteiger partial charge on any atom is 0.315 e. The number of rotatable bonds is 6. The first kappa shape index (κ1) is 13.3. The van der Waals surface area contributed by atoms with Crippen LogP contribution in [0.15, 0.2) is 40.8 Å².